The van der Waals surface area contributed by atoms with Crippen LogP contribution in [0.25, 0.3) is 0 Å². The predicted molar refractivity (Wildman–Crippen MR) is 63.6 cm³/mol. The fourth-order valence-corrected chi connectivity index (χ4v) is 2.92. The van der Waals surface area contributed by atoms with Crippen LogP contribution in [0, 0.1) is 16.7 Å². The average molecular weight is 239 g/mol. The van der Waals surface area contributed by atoms with Gasteiger partial charge in [0.1, 0.15) is 0 Å². The van der Waals surface area contributed by atoms with Crippen LogP contribution < -0.4 is 5.32 Å². The summed E-state index contributed by atoms with van der Waals surface area (Å²) in [5, 5.41) is 11.6. The lowest BCUT2D eigenvalue weighted by Gasteiger charge is -2.34. The number of rotatable bonds is 2. The molecule has 0 aromatic carbocycles. The van der Waals surface area contributed by atoms with Crippen LogP contribution in [0.1, 0.15) is 32.1 Å². The van der Waals surface area contributed by atoms with E-state index in [1.165, 1.54) is 0 Å². The van der Waals surface area contributed by atoms with Crippen molar-refractivity contribution in [3.63, 3.8) is 0 Å². The molecule has 1 atom stereocenters. The van der Waals surface area contributed by atoms with E-state index >= 15 is 0 Å². The third-order valence-corrected chi connectivity index (χ3v) is 4.16. The van der Waals surface area contributed by atoms with E-state index < -0.39 is 0 Å². The number of nitriles is 1. The number of thiol groups is 1. The van der Waals surface area contributed by atoms with Gasteiger partial charge < -0.3 is 5.32 Å². The molecule has 0 aromatic heterocycles. The number of piperidine rings is 1. The molecule has 2 saturated heterocycles. The molecule has 2 rings (SSSR count). The summed E-state index contributed by atoms with van der Waals surface area (Å²) in [5.74, 6) is 0.192. The molecule has 2 aliphatic rings. The lowest BCUT2D eigenvalue weighted by Crippen LogP contribution is -2.40. The molecule has 0 unspecified atom stereocenters. The van der Waals surface area contributed by atoms with Crippen LogP contribution in [0.4, 0.5) is 0 Å². The Morgan fingerprint density at radius 2 is 2.25 bits per heavy atom. The smallest absolute Gasteiger partial charge is 0.226 e. The van der Waals surface area contributed by atoms with Gasteiger partial charge in [0.25, 0.3) is 0 Å². The topological polar surface area (TPSA) is 56.1 Å². The first-order valence-electron chi connectivity index (χ1n) is 5.78. The van der Waals surface area contributed by atoms with Crippen LogP contribution in [-0.4, -0.2) is 29.3 Å². The fraction of sp³-hybridized carbons (Fsp3) is 0.818. The van der Waals surface area contributed by atoms with E-state index in [0.717, 1.165) is 38.8 Å². The Morgan fingerprint density at radius 1 is 1.56 bits per heavy atom. The van der Waals surface area contributed by atoms with E-state index in [4.69, 9.17) is 5.26 Å². The zero-order valence-electron chi connectivity index (χ0n) is 9.28. The van der Waals surface area contributed by atoms with Gasteiger partial charge in [-0.15, -0.1) is 0 Å². The van der Waals surface area contributed by atoms with Crippen molar-refractivity contribution in [1.29, 1.82) is 5.26 Å². The Labute approximate surface area is 102 Å². The number of carbonyl (C=O) groups excluding carboxylic acids is 1. The maximum atomic E-state index is 12.0. The number of nitrogens with zero attached hydrogens (tertiary/aromatic N) is 2. The van der Waals surface area contributed by atoms with Gasteiger partial charge in [0, 0.05) is 25.6 Å². The lowest BCUT2D eigenvalue weighted by molar-refractivity contribution is -0.129. The molecule has 1 N–H and O–H groups in total. The van der Waals surface area contributed by atoms with E-state index in [2.05, 4.69) is 24.2 Å². The highest BCUT2D eigenvalue weighted by atomic mass is 32.1. The molecule has 0 aliphatic carbocycles. The molecule has 5 heteroatoms. The summed E-state index contributed by atoms with van der Waals surface area (Å²) in [4.78, 5) is 12.0. The van der Waals surface area contributed by atoms with Crippen LogP contribution in [0.2, 0.25) is 0 Å². The van der Waals surface area contributed by atoms with Crippen LogP contribution in [0.5, 0.6) is 0 Å². The molecule has 2 fully saturated rings. The Balaban J connectivity index is 1.96. The maximum Gasteiger partial charge on any atom is 0.226 e. The molecular formula is C11H17N3OS. The highest BCUT2D eigenvalue weighted by Crippen LogP contribution is 2.41. The van der Waals surface area contributed by atoms with E-state index in [1.807, 2.05) is 4.31 Å². The number of carbonyl (C=O) groups is 1. The van der Waals surface area contributed by atoms with Gasteiger partial charge >= 0.3 is 0 Å². The fourth-order valence-electron chi connectivity index (χ4n) is 2.72. The van der Waals surface area contributed by atoms with Crippen molar-refractivity contribution in [2.45, 2.75) is 38.1 Å². The molecule has 0 saturated carbocycles. The molecule has 2 aliphatic heterocycles. The molecule has 2 heterocycles. The van der Waals surface area contributed by atoms with E-state index in [-0.39, 0.29) is 17.4 Å². The summed E-state index contributed by atoms with van der Waals surface area (Å²) >= 11 is 4.30. The van der Waals surface area contributed by atoms with Gasteiger partial charge in [-0.1, -0.05) is 12.8 Å². The minimum Gasteiger partial charge on any atom is -0.353 e. The minimum absolute atomic E-state index is 0.167. The largest absolute Gasteiger partial charge is 0.353 e. The van der Waals surface area contributed by atoms with Crippen molar-refractivity contribution in [2.75, 3.05) is 13.1 Å². The van der Waals surface area contributed by atoms with E-state index in [0.29, 0.717) is 6.42 Å². The average Bonchev–Trinajstić information content (AvgIpc) is 2.58. The molecule has 4 nitrogen and oxygen atoms in total. The van der Waals surface area contributed by atoms with Crippen molar-refractivity contribution in [3.05, 3.63) is 0 Å². The first-order chi connectivity index (χ1) is 7.66. The molecule has 0 aromatic rings. The van der Waals surface area contributed by atoms with Gasteiger partial charge in [-0.05, 0) is 25.7 Å². The summed E-state index contributed by atoms with van der Waals surface area (Å²) in [6.45, 7) is 1.75. The van der Waals surface area contributed by atoms with Gasteiger partial charge in [0.05, 0.1) is 11.5 Å². The van der Waals surface area contributed by atoms with Crippen molar-refractivity contribution in [2.24, 2.45) is 5.41 Å². The van der Waals surface area contributed by atoms with Crippen LogP contribution >= 0.6 is 12.8 Å². The maximum absolute atomic E-state index is 12.0. The summed E-state index contributed by atoms with van der Waals surface area (Å²) < 4.78 is 1.97. The Bertz CT molecular complexity index is 318. The van der Waals surface area contributed by atoms with Crippen molar-refractivity contribution in [3.8, 4) is 6.07 Å². The second-order valence-corrected chi connectivity index (χ2v) is 5.37. The zero-order valence-corrected chi connectivity index (χ0v) is 10.2. The second-order valence-electron chi connectivity index (χ2n) is 4.81. The normalized spacial score (nSPS) is 29.0. The van der Waals surface area contributed by atoms with Crippen molar-refractivity contribution in [1.82, 2.24) is 9.62 Å². The first-order valence-corrected chi connectivity index (χ1v) is 6.18. The molecule has 1 spiro atoms. The van der Waals surface area contributed by atoms with Gasteiger partial charge in [-0.2, -0.15) is 5.26 Å². The highest BCUT2D eigenvalue weighted by molar-refractivity contribution is 7.77. The molecule has 0 bridgehead atoms. The standard InChI is InChI=1S/C11H17N3OS/c12-5-1-2-9-8-11(10(15)13-9)3-6-14(16)7-4-11/h9,16H,1-4,6-8H2,(H,13,15)/t9-/m0/s1. The van der Waals surface area contributed by atoms with Crippen molar-refractivity contribution >= 4 is 18.7 Å². The lowest BCUT2D eigenvalue weighted by atomic mass is 9.76. The Kier molecular flexibility index (Phi) is 3.41. The minimum atomic E-state index is -0.167. The highest BCUT2D eigenvalue weighted by Gasteiger charge is 2.47. The summed E-state index contributed by atoms with van der Waals surface area (Å²) in [6.07, 6.45) is 4.00. The molecule has 0 radical (unpaired) electrons. The summed E-state index contributed by atoms with van der Waals surface area (Å²) in [6, 6.07) is 2.34. The van der Waals surface area contributed by atoms with E-state index in [9.17, 15) is 4.79 Å². The zero-order chi connectivity index (χ0) is 11.6. The Hall–Kier alpha value is -0.730. The van der Waals surface area contributed by atoms with Crippen LogP contribution in [-0.2, 0) is 4.79 Å². The van der Waals surface area contributed by atoms with Gasteiger partial charge in [0.15, 0.2) is 0 Å². The number of hydrogen-bond acceptors (Lipinski definition) is 4. The quantitative estimate of drug-likeness (QED) is 0.710. The predicted octanol–water partition coefficient (Wildman–Crippen LogP) is 1.11. The summed E-state index contributed by atoms with van der Waals surface area (Å²) in [5.41, 5.74) is -0.167. The van der Waals surface area contributed by atoms with Gasteiger partial charge in [-0.3, -0.25) is 9.10 Å². The van der Waals surface area contributed by atoms with E-state index in [1.54, 1.807) is 0 Å². The van der Waals surface area contributed by atoms with Gasteiger partial charge in [-0.25, -0.2) is 0 Å². The molecular weight excluding hydrogens is 222 g/mol. The number of hydrogen-bond donors (Lipinski definition) is 2. The summed E-state index contributed by atoms with van der Waals surface area (Å²) in [7, 11) is 0. The second kappa shape index (κ2) is 4.64. The molecule has 1 amide bonds. The molecule has 16 heavy (non-hydrogen) atoms. The SMILES string of the molecule is N#CCC[C@H]1CC2(CCN(S)CC2)C(=O)N1. The third-order valence-electron chi connectivity index (χ3n) is 3.76. The van der Waals surface area contributed by atoms with Gasteiger partial charge in [0.2, 0.25) is 5.91 Å². The number of amides is 1. The third kappa shape index (κ3) is 2.18. The Morgan fingerprint density at radius 3 is 2.88 bits per heavy atom. The van der Waals surface area contributed by atoms with Crippen LogP contribution in [0.15, 0.2) is 0 Å². The van der Waals surface area contributed by atoms with Crippen molar-refractivity contribution < 1.29 is 4.79 Å². The number of nitrogens with one attached hydrogen (secondary N) is 1. The van der Waals surface area contributed by atoms with Crippen LogP contribution in [0.3, 0.4) is 0 Å². The first kappa shape index (κ1) is 11.7. The monoisotopic (exact) mass is 239 g/mol. The molecule has 88 valence electrons.